The van der Waals surface area contributed by atoms with Gasteiger partial charge in [-0.05, 0) is 27.3 Å². The van der Waals surface area contributed by atoms with Gasteiger partial charge in [0.2, 0.25) is 0 Å². The first-order valence-electron chi connectivity index (χ1n) is 4.38. The third kappa shape index (κ3) is 5.13. The lowest BCUT2D eigenvalue weighted by Crippen LogP contribution is -2.28. The zero-order valence-electron chi connectivity index (χ0n) is 8.44. The lowest BCUT2D eigenvalue weighted by molar-refractivity contribution is -0.156. The van der Waals surface area contributed by atoms with E-state index in [1.807, 2.05) is 27.8 Å². The van der Waals surface area contributed by atoms with E-state index in [1.54, 1.807) is 0 Å². The van der Waals surface area contributed by atoms with Crippen LogP contribution in [0.25, 0.3) is 0 Å². The highest BCUT2D eigenvalue weighted by Gasteiger charge is 2.19. The minimum absolute atomic E-state index is 0.129. The first kappa shape index (κ1) is 11.4. The number of carbonyl (C=O) groups excluding carboxylic acids is 1. The Hall–Kier alpha value is -0.570. The van der Waals surface area contributed by atoms with E-state index in [4.69, 9.17) is 4.74 Å². The summed E-state index contributed by atoms with van der Waals surface area (Å²) in [6.45, 7) is 6.53. The van der Waals surface area contributed by atoms with Crippen molar-refractivity contribution in [2.45, 2.75) is 39.2 Å². The van der Waals surface area contributed by atoms with Gasteiger partial charge in [-0.1, -0.05) is 6.92 Å². The van der Waals surface area contributed by atoms with Crippen molar-refractivity contribution in [1.82, 2.24) is 5.32 Å². The van der Waals surface area contributed by atoms with E-state index in [0.717, 1.165) is 6.42 Å². The standard InChI is InChI=1S/C9H19NO2/c1-5-9(2,3)12-8(11)6-7-10-4/h10H,5-7H2,1-4H3. The molecule has 0 rings (SSSR count). The van der Waals surface area contributed by atoms with Crippen LogP contribution in [0.2, 0.25) is 0 Å². The fraction of sp³-hybridized carbons (Fsp3) is 0.889. The molecule has 0 aromatic heterocycles. The minimum Gasteiger partial charge on any atom is -0.460 e. The molecule has 0 amide bonds. The van der Waals surface area contributed by atoms with Gasteiger partial charge in [-0.3, -0.25) is 4.79 Å². The predicted octanol–water partition coefficient (Wildman–Crippen LogP) is 1.33. The normalized spacial score (nSPS) is 11.3. The SMILES string of the molecule is CCC(C)(C)OC(=O)CCNC. The number of carbonyl (C=O) groups is 1. The molecule has 0 aliphatic carbocycles. The Morgan fingerprint density at radius 1 is 1.50 bits per heavy atom. The molecule has 1 N–H and O–H groups in total. The predicted molar refractivity (Wildman–Crippen MR) is 49.0 cm³/mol. The van der Waals surface area contributed by atoms with Crippen molar-refractivity contribution in [1.29, 1.82) is 0 Å². The molecule has 0 aromatic rings. The highest BCUT2D eigenvalue weighted by atomic mass is 16.6. The van der Waals surface area contributed by atoms with E-state index in [-0.39, 0.29) is 11.6 Å². The number of hydrogen-bond donors (Lipinski definition) is 1. The maximum absolute atomic E-state index is 11.1. The summed E-state index contributed by atoms with van der Waals surface area (Å²) in [4.78, 5) is 11.1. The van der Waals surface area contributed by atoms with E-state index < -0.39 is 0 Å². The van der Waals surface area contributed by atoms with Crippen LogP contribution in [0.15, 0.2) is 0 Å². The molecule has 3 nitrogen and oxygen atoms in total. The summed E-state index contributed by atoms with van der Waals surface area (Å²) >= 11 is 0. The van der Waals surface area contributed by atoms with Gasteiger partial charge in [0.25, 0.3) is 0 Å². The van der Waals surface area contributed by atoms with E-state index in [2.05, 4.69) is 5.32 Å². The second-order valence-electron chi connectivity index (χ2n) is 3.44. The van der Waals surface area contributed by atoms with Crippen LogP contribution in [-0.2, 0) is 9.53 Å². The molecule has 0 bridgehead atoms. The molecule has 0 aliphatic heterocycles. The average molecular weight is 173 g/mol. The van der Waals surface area contributed by atoms with Crippen molar-refractivity contribution < 1.29 is 9.53 Å². The van der Waals surface area contributed by atoms with Gasteiger partial charge in [-0.15, -0.1) is 0 Å². The largest absolute Gasteiger partial charge is 0.460 e. The second kappa shape index (κ2) is 5.14. The topological polar surface area (TPSA) is 38.3 Å². The fourth-order valence-corrected chi connectivity index (χ4v) is 0.658. The Kier molecular flexibility index (Phi) is 4.90. The van der Waals surface area contributed by atoms with Crippen molar-refractivity contribution in [2.24, 2.45) is 0 Å². The van der Waals surface area contributed by atoms with Crippen LogP contribution in [-0.4, -0.2) is 25.2 Å². The van der Waals surface area contributed by atoms with Crippen molar-refractivity contribution in [3.05, 3.63) is 0 Å². The fourth-order valence-electron chi connectivity index (χ4n) is 0.658. The van der Waals surface area contributed by atoms with Gasteiger partial charge in [-0.2, -0.15) is 0 Å². The minimum atomic E-state index is -0.315. The van der Waals surface area contributed by atoms with Gasteiger partial charge in [0, 0.05) is 6.54 Å². The molecule has 72 valence electrons. The maximum Gasteiger partial charge on any atom is 0.307 e. The Balaban J connectivity index is 3.68. The van der Waals surface area contributed by atoms with Crippen LogP contribution in [0.5, 0.6) is 0 Å². The Morgan fingerprint density at radius 3 is 2.50 bits per heavy atom. The molecule has 0 fully saturated rings. The molecule has 12 heavy (non-hydrogen) atoms. The smallest absolute Gasteiger partial charge is 0.307 e. The summed E-state index contributed by atoms with van der Waals surface area (Å²) in [5.74, 6) is -0.129. The van der Waals surface area contributed by atoms with E-state index in [9.17, 15) is 4.79 Å². The molecule has 0 aromatic carbocycles. The molecule has 0 saturated carbocycles. The number of esters is 1. The van der Waals surface area contributed by atoms with Crippen LogP contribution >= 0.6 is 0 Å². The zero-order chi connectivity index (χ0) is 9.61. The summed E-state index contributed by atoms with van der Waals surface area (Å²) in [5, 5.41) is 2.90. The zero-order valence-corrected chi connectivity index (χ0v) is 8.44. The molecular weight excluding hydrogens is 154 g/mol. The summed E-state index contributed by atoms with van der Waals surface area (Å²) in [7, 11) is 1.82. The van der Waals surface area contributed by atoms with Crippen molar-refractivity contribution >= 4 is 5.97 Å². The monoisotopic (exact) mass is 173 g/mol. The summed E-state index contributed by atoms with van der Waals surface area (Å²) in [6.07, 6.45) is 1.29. The van der Waals surface area contributed by atoms with Crippen molar-refractivity contribution in [2.75, 3.05) is 13.6 Å². The van der Waals surface area contributed by atoms with Crippen LogP contribution in [0.4, 0.5) is 0 Å². The van der Waals surface area contributed by atoms with Crippen LogP contribution < -0.4 is 5.32 Å². The maximum atomic E-state index is 11.1. The molecule has 0 radical (unpaired) electrons. The molecule has 0 saturated heterocycles. The van der Waals surface area contributed by atoms with Crippen LogP contribution in [0.3, 0.4) is 0 Å². The highest BCUT2D eigenvalue weighted by Crippen LogP contribution is 2.13. The van der Waals surface area contributed by atoms with Gasteiger partial charge in [0.05, 0.1) is 6.42 Å². The molecule has 0 spiro atoms. The van der Waals surface area contributed by atoms with Gasteiger partial charge in [0.15, 0.2) is 0 Å². The van der Waals surface area contributed by atoms with E-state index in [1.165, 1.54) is 0 Å². The summed E-state index contributed by atoms with van der Waals surface area (Å²) < 4.78 is 5.21. The Bertz CT molecular complexity index is 143. The van der Waals surface area contributed by atoms with Gasteiger partial charge < -0.3 is 10.1 Å². The lowest BCUT2D eigenvalue weighted by Gasteiger charge is -2.23. The van der Waals surface area contributed by atoms with Crippen LogP contribution in [0.1, 0.15) is 33.6 Å². The van der Waals surface area contributed by atoms with Crippen LogP contribution in [0, 0.1) is 0 Å². The second-order valence-corrected chi connectivity index (χ2v) is 3.44. The molecular formula is C9H19NO2. The van der Waals surface area contributed by atoms with Crippen molar-refractivity contribution in [3.63, 3.8) is 0 Å². The lowest BCUT2D eigenvalue weighted by atomic mass is 10.1. The van der Waals surface area contributed by atoms with Gasteiger partial charge >= 0.3 is 5.97 Å². The van der Waals surface area contributed by atoms with E-state index >= 15 is 0 Å². The molecule has 0 aliphatic rings. The molecule has 0 heterocycles. The number of ether oxygens (including phenoxy) is 1. The van der Waals surface area contributed by atoms with E-state index in [0.29, 0.717) is 13.0 Å². The summed E-state index contributed by atoms with van der Waals surface area (Å²) in [6, 6.07) is 0. The number of rotatable bonds is 5. The third-order valence-electron chi connectivity index (χ3n) is 1.82. The first-order chi connectivity index (χ1) is 5.52. The van der Waals surface area contributed by atoms with Crippen molar-refractivity contribution in [3.8, 4) is 0 Å². The average Bonchev–Trinajstić information content (AvgIpc) is 2.00. The van der Waals surface area contributed by atoms with Gasteiger partial charge in [0.1, 0.15) is 5.60 Å². The quantitative estimate of drug-likeness (QED) is 0.637. The van der Waals surface area contributed by atoms with Gasteiger partial charge in [-0.25, -0.2) is 0 Å². The Labute approximate surface area is 74.5 Å². The summed E-state index contributed by atoms with van der Waals surface area (Å²) in [5.41, 5.74) is -0.315. The molecule has 0 atom stereocenters. The first-order valence-corrected chi connectivity index (χ1v) is 4.38. The Morgan fingerprint density at radius 2 is 2.08 bits per heavy atom. The third-order valence-corrected chi connectivity index (χ3v) is 1.82. The molecule has 0 unspecified atom stereocenters. The highest BCUT2D eigenvalue weighted by molar-refractivity contribution is 5.70. The molecule has 3 heteroatoms. The number of hydrogen-bond acceptors (Lipinski definition) is 3. The number of nitrogens with one attached hydrogen (secondary N) is 1.